The predicted octanol–water partition coefficient (Wildman–Crippen LogP) is 3.39. The highest BCUT2D eigenvalue weighted by molar-refractivity contribution is 6.42. The zero-order valence-electron chi connectivity index (χ0n) is 16.3. The molecule has 1 aromatic heterocycles. The number of nitro groups is 1. The number of benzene rings is 1. The van der Waals surface area contributed by atoms with E-state index in [1.807, 2.05) is 24.0 Å². The summed E-state index contributed by atoms with van der Waals surface area (Å²) in [4.78, 5) is 27.3. The molecule has 0 N–H and O–H groups in total. The molecule has 0 saturated carbocycles. The van der Waals surface area contributed by atoms with Crippen LogP contribution in [-0.2, 0) is 17.9 Å². The Hall–Kier alpha value is -2.16. The number of aryl methyl sites for hydroxylation is 1. The molecule has 0 bridgehead atoms. The first-order chi connectivity index (χ1) is 13.7. The molecule has 29 heavy (non-hydrogen) atoms. The fourth-order valence-corrected chi connectivity index (χ4v) is 3.76. The number of amides is 1. The molecule has 1 aromatic carbocycles. The van der Waals surface area contributed by atoms with Gasteiger partial charge in [-0.15, -0.1) is 0 Å². The second kappa shape index (κ2) is 9.11. The van der Waals surface area contributed by atoms with E-state index in [0.717, 1.165) is 25.2 Å². The minimum Gasteiger partial charge on any atom is -0.358 e. The normalized spacial score (nSPS) is 16.1. The van der Waals surface area contributed by atoms with Crippen LogP contribution in [0.25, 0.3) is 0 Å². The van der Waals surface area contributed by atoms with Gasteiger partial charge in [-0.1, -0.05) is 36.2 Å². The van der Waals surface area contributed by atoms with E-state index in [1.54, 1.807) is 13.0 Å². The Labute approximate surface area is 179 Å². The van der Waals surface area contributed by atoms with Crippen molar-refractivity contribution in [2.45, 2.75) is 26.9 Å². The minimum absolute atomic E-state index is 0.0386. The van der Waals surface area contributed by atoms with Crippen molar-refractivity contribution in [3.05, 3.63) is 55.7 Å². The van der Waals surface area contributed by atoms with Crippen molar-refractivity contribution in [2.24, 2.45) is 5.92 Å². The molecule has 1 atom stereocenters. The summed E-state index contributed by atoms with van der Waals surface area (Å²) in [5.74, 6) is -0.468. The second-order valence-electron chi connectivity index (χ2n) is 7.33. The fourth-order valence-electron chi connectivity index (χ4n) is 3.44. The highest BCUT2D eigenvalue weighted by atomic mass is 35.5. The highest BCUT2D eigenvalue weighted by Gasteiger charge is 2.27. The van der Waals surface area contributed by atoms with Crippen LogP contribution < -0.4 is 0 Å². The van der Waals surface area contributed by atoms with E-state index < -0.39 is 4.92 Å². The summed E-state index contributed by atoms with van der Waals surface area (Å²) in [6.07, 6.45) is 0. The maximum absolute atomic E-state index is 12.8. The SMILES string of the molecule is Cc1cc([N+](=O)[O-])nn1CC(C)C(=O)N1CCN(Cc2ccc(Cl)c(Cl)c2)CC1. The summed E-state index contributed by atoms with van der Waals surface area (Å²) in [5.41, 5.74) is 1.76. The van der Waals surface area contributed by atoms with Crippen LogP contribution in [0.2, 0.25) is 10.0 Å². The number of rotatable bonds is 6. The third-order valence-corrected chi connectivity index (χ3v) is 5.84. The van der Waals surface area contributed by atoms with E-state index in [-0.39, 0.29) is 17.6 Å². The maximum Gasteiger partial charge on any atom is 0.390 e. The molecule has 0 radical (unpaired) electrons. The molecule has 8 nitrogen and oxygen atoms in total. The van der Waals surface area contributed by atoms with Gasteiger partial charge in [0.15, 0.2) is 0 Å². The predicted molar refractivity (Wildman–Crippen MR) is 111 cm³/mol. The number of aromatic nitrogens is 2. The van der Waals surface area contributed by atoms with Crippen LogP contribution in [0.4, 0.5) is 5.82 Å². The number of carbonyl (C=O) groups is 1. The molecule has 1 aliphatic rings. The number of hydrogen-bond acceptors (Lipinski definition) is 5. The summed E-state index contributed by atoms with van der Waals surface area (Å²) >= 11 is 12.0. The van der Waals surface area contributed by atoms with E-state index in [1.165, 1.54) is 10.7 Å². The van der Waals surface area contributed by atoms with E-state index in [9.17, 15) is 14.9 Å². The van der Waals surface area contributed by atoms with Crippen molar-refractivity contribution in [3.8, 4) is 0 Å². The Balaban J connectivity index is 1.52. The van der Waals surface area contributed by atoms with E-state index in [2.05, 4.69) is 10.00 Å². The maximum atomic E-state index is 12.8. The van der Waals surface area contributed by atoms with Crippen LogP contribution >= 0.6 is 23.2 Å². The number of carbonyl (C=O) groups excluding carboxylic acids is 1. The molecule has 156 valence electrons. The molecule has 1 amide bonds. The Morgan fingerprint density at radius 2 is 1.90 bits per heavy atom. The van der Waals surface area contributed by atoms with E-state index in [0.29, 0.717) is 35.4 Å². The van der Waals surface area contributed by atoms with Gasteiger partial charge < -0.3 is 15.0 Å². The first kappa shape index (κ1) is 21.5. The molecular formula is C19H23Cl2N5O3. The average Bonchev–Trinajstić information content (AvgIpc) is 3.05. The van der Waals surface area contributed by atoms with Crippen molar-refractivity contribution in [3.63, 3.8) is 0 Å². The lowest BCUT2D eigenvalue weighted by Crippen LogP contribution is -2.50. The van der Waals surface area contributed by atoms with Crippen LogP contribution in [-0.4, -0.2) is 56.6 Å². The van der Waals surface area contributed by atoms with Crippen molar-refractivity contribution < 1.29 is 9.72 Å². The number of halogens is 2. The van der Waals surface area contributed by atoms with Crippen LogP contribution in [0.1, 0.15) is 18.2 Å². The van der Waals surface area contributed by atoms with Gasteiger partial charge in [-0.25, -0.2) is 0 Å². The van der Waals surface area contributed by atoms with Crippen LogP contribution in [0.3, 0.4) is 0 Å². The van der Waals surface area contributed by atoms with Crippen molar-refractivity contribution in [1.82, 2.24) is 19.6 Å². The van der Waals surface area contributed by atoms with Crippen molar-refractivity contribution in [2.75, 3.05) is 26.2 Å². The molecule has 1 aliphatic heterocycles. The Morgan fingerprint density at radius 3 is 2.48 bits per heavy atom. The summed E-state index contributed by atoms with van der Waals surface area (Å²) in [7, 11) is 0. The zero-order valence-corrected chi connectivity index (χ0v) is 17.9. The third kappa shape index (κ3) is 5.26. The molecule has 0 aliphatic carbocycles. The highest BCUT2D eigenvalue weighted by Crippen LogP contribution is 2.23. The standard InChI is InChI=1S/C19H23Cl2N5O3/c1-13(11-25-14(2)9-18(22-25)26(28)29)19(27)24-7-5-23(6-8-24)12-15-3-4-16(20)17(21)10-15/h3-4,9-10,13H,5-8,11-12H2,1-2H3. The third-order valence-electron chi connectivity index (χ3n) is 5.10. The van der Waals surface area contributed by atoms with Gasteiger partial charge in [0.2, 0.25) is 5.91 Å². The van der Waals surface area contributed by atoms with Gasteiger partial charge in [0, 0.05) is 32.7 Å². The molecule has 3 rings (SSSR count). The van der Waals surface area contributed by atoms with Gasteiger partial charge in [0.25, 0.3) is 0 Å². The molecule has 1 saturated heterocycles. The van der Waals surface area contributed by atoms with Gasteiger partial charge in [0.05, 0.1) is 39.4 Å². The molecule has 1 fully saturated rings. The molecule has 2 aromatic rings. The second-order valence-corrected chi connectivity index (χ2v) is 8.15. The molecule has 1 unspecified atom stereocenters. The summed E-state index contributed by atoms with van der Waals surface area (Å²) < 4.78 is 1.53. The summed E-state index contributed by atoms with van der Waals surface area (Å²) in [6, 6.07) is 7.04. The minimum atomic E-state index is -0.525. The van der Waals surface area contributed by atoms with Crippen LogP contribution in [0.15, 0.2) is 24.3 Å². The van der Waals surface area contributed by atoms with Crippen molar-refractivity contribution >= 4 is 34.9 Å². The number of hydrogen-bond donors (Lipinski definition) is 0. The van der Waals surface area contributed by atoms with Crippen LogP contribution in [0.5, 0.6) is 0 Å². The number of piperazine rings is 1. The largest absolute Gasteiger partial charge is 0.390 e. The van der Waals surface area contributed by atoms with Gasteiger partial charge in [0.1, 0.15) is 0 Å². The Kier molecular flexibility index (Phi) is 6.77. The Bertz CT molecular complexity index is 909. The average molecular weight is 440 g/mol. The molecule has 10 heteroatoms. The first-order valence-electron chi connectivity index (χ1n) is 9.38. The molecule has 0 spiro atoms. The zero-order chi connectivity index (χ0) is 21.1. The van der Waals surface area contributed by atoms with E-state index >= 15 is 0 Å². The Morgan fingerprint density at radius 1 is 1.21 bits per heavy atom. The lowest BCUT2D eigenvalue weighted by Gasteiger charge is -2.36. The van der Waals surface area contributed by atoms with E-state index in [4.69, 9.17) is 23.2 Å². The van der Waals surface area contributed by atoms with Crippen LogP contribution in [0, 0.1) is 23.0 Å². The lowest BCUT2D eigenvalue weighted by atomic mass is 10.1. The monoisotopic (exact) mass is 439 g/mol. The quantitative estimate of drug-likeness (QED) is 0.508. The smallest absolute Gasteiger partial charge is 0.358 e. The van der Waals surface area contributed by atoms with Crippen molar-refractivity contribution in [1.29, 1.82) is 0 Å². The fraction of sp³-hybridized carbons (Fsp3) is 0.474. The first-order valence-corrected chi connectivity index (χ1v) is 10.1. The van der Waals surface area contributed by atoms with Gasteiger partial charge in [-0.05, 0) is 29.5 Å². The van der Waals surface area contributed by atoms with Gasteiger partial charge in [-0.3, -0.25) is 9.69 Å². The summed E-state index contributed by atoms with van der Waals surface area (Å²) in [6.45, 7) is 7.48. The van der Waals surface area contributed by atoms with Gasteiger partial charge in [-0.2, -0.15) is 4.68 Å². The summed E-state index contributed by atoms with van der Waals surface area (Å²) in [5, 5.41) is 15.9. The molecule has 2 heterocycles. The lowest BCUT2D eigenvalue weighted by molar-refractivity contribution is -0.389. The number of nitrogens with zero attached hydrogens (tertiary/aromatic N) is 5. The molecular weight excluding hydrogens is 417 g/mol. The van der Waals surface area contributed by atoms with Gasteiger partial charge >= 0.3 is 5.82 Å². The topological polar surface area (TPSA) is 84.5 Å².